The quantitative estimate of drug-likeness (QED) is 0.176. The Labute approximate surface area is 372 Å². The first-order chi connectivity index (χ1) is 31.5. The van der Waals surface area contributed by atoms with Crippen LogP contribution in [0.4, 0.5) is 17.1 Å². The minimum absolute atomic E-state index is 0.212. The third kappa shape index (κ3) is 4.49. The smallest absolute Gasteiger partial charge is 0.143 e. The Kier molecular flexibility index (Phi) is 7.13. The minimum Gasteiger partial charge on any atom is -0.455 e. The lowest BCUT2D eigenvalue weighted by molar-refractivity contribution is 0.661. The van der Waals surface area contributed by atoms with Crippen LogP contribution in [0.25, 0.3) is 77.2 Å². The second kappa shape index (κ2) is 12.8. The third-order valence-corrected chi connectivity index (χ3v) is 14.8. The molecule has 1 heterocycles. The highest BCUT2D eigenvalue weighted by Gasteiger charge is 2.51. The summed E-state index contributed by atoms with van der Waals surface area (Å²) in [4.78, 5) is 2.48. The summed E-state index contributed by atoms with van der Waals surface area (Å²) in [6.45, 7) is 4.75. The van der Waals surface area contributed by atoms with Gasteiger partial charge in [-0.1, -0.05) is 184 Å². The van der Waals surface area contributed by atoms with E-state index in [4.69, 9.17) is 4.42 Å². The predicted molar refractivity (Wildman–Crippen MR) is 265 cm³/mol. The molecule has 11 aromatic rings. The SMILES string of the molecule is CC1(C)c2ccccc2-c2cccc(N(c3ccccc3)c3cccc4oc5c6ccccc6c(-c6ccc7c(c6)C6(c8ccccc8-c8ccccc86)c6ccccc6-7)cc5c34)c21. The zero-order valence-corrected chi connectivity index (χ0v) is 35.6. The molecule has 1 spiro atoms. The standard InChI is InChI=1S/C62H41NO/c1-61(2)50-27-12-8-24-44(50)46-26-16-32-56(59(46)61)63(39-18-4-3-5-19-39)55-31-17-33-57-58(55)49-37-48(40-20-6-7-25-47(40)60(49)64-57)38-34-35-45-43-23-11-15-30-53(43)62(54(45)36-38)51-28-13-9-21-41(51)42-22-10-14-29-52(42)62/h3-37H,1-2H3. The van der Waals surface area contributed by atoms with Gasteiger partial charge in [-0.15, -0.1) is 0 Å². The molecule has 0 N–H and O–H groups in total. The Hall–Kier alpha value is -7.94. The monoisotopic (exact) mass is 815 g/mol. The molecule has 0 fully saturated rings. The van der Waals surface area contributed by atoms with Crippen LogP contribution in [0.1, 0.15) is 47.2 Å². The highest BCUT2D eigenvalue weighted by molar-refractivity contribution is 6.23. The molecule has 64 heavy (non-hydrogen) atoms. The van der Waals surface area contributed by atoms with Gasteiger partial charge in [0.15, 0.2) is 0 Å². The van der Waals surface area contributed by atoms with E-state index in [0.29, 0.717) is 0 Å². The largest absolute Gasteiger partial charge is 0.455 e. The number of para-hydroxylation sites is 1. The molecule has 0 amide bonds. The van der Waals surface area contributed by atoms with E-state index in [1.165, 1.54) is 89.0 Å². The Bertz CT molecular complexity index is 3710. The summed E-state index contributed by atoms with van der Waals surface area (Å²) in [5, 5.41) is 4.48. The van der Waals surface area contributed by atoms with E-state index in [9.17, 15) is 0 Å². The van der Waals surface area contributed by atoms with Crippen LogP contribution in [0.3, 0.4) is 0 Å². The van der Waals surface area contributed by atoms with E-state index in [2.05, 4.69) is 231 Å². The molecule has 300 valence electrons. The first kappa shape index (κ1) is 35.6. The topological polar surface area (TPSA) is 16.4 Å². The number of hydrogen-bond acceptors (Lipinski definition) is 2. The number of fused-ring (bicyclic) bond motifs is 18. The number of hydrogen-bond donors (Lipinski definition) is 0. The molecule has 3 aliphatic rings. The number of benzene rings is 10. The van der Waals surface area contributed by atoms with Gasteiger partial charge < -0.3 is 9.32 Å². The molecule has 3 aliphatic carbocycles. The molecular weight excluding hydrogens is 775 g/mol. The van der Waals surface area contributed by atoms with Crippen molar-refractivity contribution in [3.8, 4) is 44.5 Å². The Morgan fingerprint density at radius 1 is 0.375 bits per heavy atom. The first-order valence-electron chi connectivity index (χ1n) is 22.4. The Balaban J connectivity index is 1.04. The van der Waals surface area contributed by atoms with Crippen molar-refractivity contribution < 1.29 is 4.42 Å². The molecule has 2 heteroatoms. The van der Waals surface area contributed by atoms with Crippen LogP contribution in [0.15, 0.2) is 217 Å². The summed E-state index contributed by atoms with van der Waals surface area (Å²) < 4.78 is 7.05. The molecule has 2 nitrogen and oxygen atoms in total. The van der Waals surface area contributed by atoms with Crippen LogP contribution in [0, 0.1) is 0 Å². The van der Waals surface area contributed by atoms with Gasteiger partial charge in [0.2, 0.25) is 0 Å². The van der Waals surface area contributed by atoms with Crippen LogP contribution in [-0.2, 0) is 10.8 Å². The number of anilines is 3. The maximum Gasteiger partial charge on any atom is 0.143 e. The van der Waals surface area contributed by atoms with Gasteiger partial charge in [-0.3, -0.25) is 0 Å². The van der Waals surface area contributed by atoms with Crippen LogP contribution < -0.4 is 4.90 Å². The fourth-order valence-corrected chi connectivity index (χ4v) is 12.3. The first-order valence-corrected chi connectivity index (χ1v) is 22.4. The van der Waals surface area contributed by atoms with Crippen LogP contribution in [0.2, 0.25) is 0 Å². The van der Waals surface area contributed by atoms with E-state index in [1.807, 2.05) is 0 Å². The van der Waals surface area contributed by atoms with E-state index < -0.39 is 5.41 Å². The van der Waals surface area contributed by atoms with Gasteiger partial charge >= 0.3 is 0 Å². The van der Waals surface area contributed by atoms with Gasteiger partial charge in [-0.25, -0.2) is 0 Å². The van der Waals surface area contributed by atoms with Crippen molar-refractivity contribution in [1.82, 2.24) is 0 Å². The number of furan rings is 1. The van der Waals surface area contributed by atoms with Gasteiger partial charge in [0.1, 0.15) is 11.2 Å². The van der Waals surface area contributed by atoms with Crippen LogP contribution in [-0.4, -0.2) is 0 Å². The van der Waals surface area contributed by atoms with Gasteiger partial charge in [0.05, 0.1) is 22.2 Å². The van der Waals surface area contributed by atoms with Gasteiger partial charge in [-0.05, 0) is 126 Å². The molecule has 0 saturated heterocycles. The van der Waals surface area contributed by atoms with Crippen LogP contribution in [0.5, 0.6) is 0 Å². The summed E-state index contributed by atoms with van der Waals surface area (Å²) in [7, 11) is 0. The molecule has 0 aliphatic heterocycles. The summed E-state index contributed by atoms with van der Waals surface area (Å²) in [6.07, 6.45) is 0. The molecule has 0 bridgehead atoms. The molecule has 14 rings (SSSR count). The highest BCUT2D eigenvalue weighted by Crippen LogP contribution is 2.63. The van der Waals surface area contributed by atoms with Crippen molar-refractivity contribution in [2.24, 2.45) is 0 Å². The maximum atomic E-state index is 7.05. The molecule has 0 radical (unpaired) electrons. The van der Waals surface area contributed by atoms with E-state index in [-0.39, 0.29) is 5.41 Å². The molecule has 10 aromatic carbocycles. The van der Waals surface area contributed by atoms with Crippen molar-refractivity contribution in [3.63, 3.8) is 0 Å². The minimum atomic E-state index is -0.426. The summed E-state index contributed by atoms with van der Waals surface area (Å²) in [6, 6.07) is 78.8. The van der Waals surface area contributed by atoms with Crippen molar-refractivity contribution in [3.05, 3.63) is 246 Å². The Morgan fingerprint density at radius 2 is 0.906 bits per heavy atom. The maximum absolute atomic E-state index is 7.05. The average molecular weight is 816 g/mol. The molecule has 0 saturated carbocycles. The van der Waals surface area contributed by atoms with E-state index in [0.717, 1.165) is 38.7 Å². The van der Waals surface area contributed by atoms with E-state index >= 15 is 0 Å². The van der Waals surface area contributed by atoms with Gasteiger partial charge in [0.25, 0.3) is 0 Å². The lowest BCUT2D eigenvalue weighted by Gasteiger charge is -2.32. The van der Waals surface area contributed by atoms with Crippen molar-refractivity contribution in [2.45, 2.75) is 24.7 Å². The summed E-state index contributed by atoms with van der Waals surface area (Å²) in [5.41, 5.74) is 22.8. The molecule has 0 unspecified atom stereocenters. The zero-order valence-electron chi connectivity index (χ0n) is 35.6. The highest BCUT2D eigenvalue weighted by atomic mass is 16.3. The molecular formula is C62H41NO. The molecule has 1 aromatic heterocycles. The molecule has 0 atom stereocenters. The normalized spacial score (nSPS) is 14.3. The fraction of sp³-hybridized carbons (Fsp3) is 0.0645. The van der Waals surface area contributed by atoms with Crippen molar-refractivity contribution in [2.75, 3.05) is 4.90 Å². The Morgan fingerprint density at radius 3 is 1.59 bits per heavy atom. The number of nitrogens with zero attached hydrogens (tertiary/aromatic N) is 1. The second-order valence-corrected chi connectivity index (χ2v) is 18.3. The van der Waals surface area contributed by atoms with Gasteiger partial charge in [-0.2, -0.15) is 0 Å². The zero-order chi connectivity index (χ0) is 42.3. The summed E-state index contributed by atoms with van der Waals surface area (Å²) in [5.74, 6) is 0. The summed E-state index contributed by atoms with van der Waals surface area (Å²) >= 11 is 0. The second-order valence-electron chi connectivity index (χ2n) is 18.3. The van der Waals surface area contributed by atoms with Crippen LogP contribution >= 0.6 is 0 Å². The average Bonchev–Trinajstić information content (AvgIpc) is 4.04. The lowest BCUT2D eigenvalue weighted by atomic mass is 9.70. The van der Waals surface area contributed by atoms with Crippen molar-refractivity contribution >= 4 is 49.8 Å². The third-order valence-electron chi connectivity index (χ3n) is 14.8. The van der Waals surface area contributed by atoms with Gasteiger partial charge in [0, 0.05) is 21.9 Å². The van der Waals surface area contributed by atoms with E-state index in [1.54, 1.807) is 0 Å². The van der Waals surface area contributed by atoms with Crippen molar-refractivity contribution in [1.29, 1.82) is 0 Å². The predicted octanol–water partition coefficient (Wildman–Crippen LogP) is 16.5. The number of rotatable bonds is 4. The fourth-order valence-electron chi connectivity index (χ4n) is 12.3. The lowest BCUT2D eigenvalue weighted by Crippen LogP contribution is -2.25.